The number of hydrogen-bond acceptors (Lipinski definition) is 3. The van der Waals surface area contributed by atoms with E-state index < -0.39 is 0 Å². The topological polar surface area (TPSA) is 52.6 Å². The summed E-state index contributed by atoms with van der Waals surface area (Å²) in [5.74, 6) is -0.197. The first kappa shape index (κ1) is 20.2. The lowest BCUT2D eigenvalue weighted by Gasteiger charge is -2.36. The van der Waals surface area contributed by atoms with Crippen molar-refractivity contribution < 1.29 is 9.59 Å². The molecule has 1 aliphatic rings. The van der Waals surface area contributed by atoms with Gasteiger partial charge in [-0.2, -0.15) is 0 Å². The number of nitrogens with zero attached hydrogens (tertiary/aromatic N) is 2. The van der Waals surface area contributed by atoms with Gasteiger partial charge in [0.05, 0.1) is 12.1 Å². The molecule has 1 N–H and O–H groups in total. The van der Waals surface area contributed by atoms with Crippen molar-refractivity contribution in [1.82, 2.24) is 15.1 Å². The number of halogens is 1. The highest BCUT2D eigenvalue weighted by Gasteiger charge is 2.22. The minimum absolute atomic E-state index is 0.00485. The van der Waals surface area contributed by atoms with Crippen LogP contribution in [0.5, 0.6) is 0 Å². The van der Waals surface area contributed by atoms with Gasteiger partial charge in [0.1, 0.15) is 0 Å². The molecule has 0 spiro atoms. The Morgan fingerprint density at radius 2 is 1.76 bits per heavy atom. The highest BCUT2D eigenvalue weighted by atomic mass is 127. The maximum atomic E-state index is 12.3. The van der Waals surface area contributed by atoms with E-state index in [4.69, 9.17) is 0 Å². The summed E-state index contributed by atoms with van der Waals surface area (Å²) in [5.41, 5.74) is 0.953. The second-order valence-corrected chi connectivity index (χ2v) is 8.86. The minimum Gasteiger partial charge on any atom is -0.343 e. The van der Waals surface area contributed by atoms with Crippen LogP contribution in [0.1, 0.15) is 37.6 Å². The average molecular weight is 457 g/mol. The van der Waals surface area contributed by atoms with E-state index in [1.807, 2.05) is 23.1 Å². The van der Waals surface area contributed by atoms with Crippen LogP contribution in [0.4, 0.5) is 0 Å². The molecule has 1 aliphatic heterocycles. The van der Waals surface area contributed by atoms with Crippen LogP contribution in [0.15, 0.2) is 24.3 Å². The summed E-state index contributed by atoms with van der Waals surface area (Å²) < 4.78 is 0.887. The second-order valence-electron chi connectivity index (χ2n) is 7.70. The zero-order valence-corrected chi connectivity index (χ0v) is 17.5. The van der Waals surface area contributed by atoms with Crippen molar-refractivity contribution in [2.45, 2.75) is 27.2 Å². The predicted molar refractivity (Wildman–Crippen MR) is 109 cm³/mol. The Kier molecular flexibility index (Phi) is 7.25. The SMILES string of the molecule is CC(C)(C)CCN1CCN(C(=O)CNC(=O)c2ccccc2I)CC1. The number of hydrogen-bond donors (Lipinski definition) is 1. The Balaban J connectivity index is 1.74. The van der Waals surface area contributed by atoms with Crippen LogP contribution < -0.4 is 5.32 Å². The number of carbonyl (C=O) groups excluding carboxylic acids is 2. The molecular weight excluding hydrogens is 429 g/mol. The molecule has 2 amide bonds. The van der Waals surface area contributed by atoms with Gasteiger partial charge < -0.3 is 10.2 Å². The van der Waals surface area contributed by atoms with Crippen LogP contribution in [0.25, 0.3) is 0 Å². The molecule has 2 rings (SSSR count). The largest absolute Gasteiger partial charge is 0.343 e. The van der Waals surface area contributed by atoms with Crippen LogP contribution in [-0.4, -0.2) is 60.9 Å². The third-order valence-electron chi connectivity index (χ3n) is 4.42. The highest BCUT2D eigenvalue weighted by molar-refractivity contribution is 14.1. The number of piperazine rings is 1. The van der Waals surface area contributed by atoms with Crippen LogP contribution >= 0.6 is 22.6 Å². The molecule has 1 saturated heterocycles. The van der Waals surface area contributed by atoms with Crippen molar-refractivity contribution in [2.75, 3.05) is 39.3 Å². The van der Waals surface area contributed by atoms with Crippen LogP contribution in [0, 0.1) is 8.99 Å². The van der Waals surface area contributed by atoms with Gasteiger partial charge in [-0.15, -0.1) is 0 Å². The lowest BCUT2D eigenvalue weighted by Crippen LogP contribution is -2.51. The minimum atomic E-state index is -0.192. The number of rotatable bonds is 5. The van der Waals surface area contributed by atoms with E-state index in [1.165, 1.54) is 0 Å². The fourth-order valence-electron chi connectivity index (χ4n) is 2.72. The highest BCUT2D eigenvalue weighted by Crippen LogP contribution is 2.19. The Labute approximate surface area is 164 Å². The van der Waals surface area contributed by atoms with E-state index in [2.05, 4.69) is 53.6 Å². The van der Waals surface area contributed by atoms with Crippen LogP contribution in [0.3, 0.4) is 0 Å². The van der Waals surface area contributed by atoms with Gasteiger partial charge in [-0.05, 0) is 53.1 Å². The quantitative estimate of drug-likeness (QED) is 0.692. The molecule has 138 valence electrons. The molecule has 6 heteroatoms. The summed E-state index contributed by atoms with van der Waals surface area (Å²) in [6, 6.07) is 7.38. The number of carbonyl (C=O) groups is 2. The summed E-state index contributed by atoms with van der Waals surface area (Å²) in [5, 5.41) is 2.74. The first-order valence-electron chi connectivity index (χ1n) is 8.79. The van der Waals surface area contributed by atoms with E-state index in [9.17, 15) is 9.59 Å². The molecule has 0 aliphatic carbocycles. The van der Waals surface area contributed by atoms with E-state index >= 15 is 0 Å². The molecule has 25 heavy (non-hydrogen) atoms. The third-order valence-corrected chi connectivity index (χ3v) is 5.36. The Hall–Kier alpha value is -1.15. The number of benzene rings is 1. The predicted octanol–water partition coefficient (Wildman–Crippen LogP) is 2.60. The van der Waals surface area contributed by atoms with Crippen LogP contribution in [-0.2, 0) is 4.79 Å². The molecule has 1 aromatic rings. The molecule has 0 bridgehead atoms. The van der Waals surface area contributed by atoms with Gasteiger partial charge >= 0.3 is 0 Å². The monoisotopic (exact) mass is 457 g/mol. The summed E-state index contributed by atoms with van der Waals surface area (Å²) >= 11 is 2.13. The average Bonchev–Trinajstić information content (AvgIpc) is 2.58. The Morgan fingerprint density at radius 1 is 1.12 bits per heavy atom. The molecule has 0 aromatic heterocycles. The zero-order valence-electron chi connectivity index (χ0n) is 15.3. The maximum absolute atomic E-state index is 12.3. The standard InChI is InChI=1S/C19H28IN3O2/c1-19(2,3)8-9-22-10-12-23(13-11-22)17(24)14-21-18(25)15-6-4-5-7-16(15)20/h4-7H,8-14H2,1-3H3,(H,21,25). The number of nitrogens with one attached hydrogen (secondary N) is 1. The second kappa shape index (κ2) is 8.98. The zero-order chi connectivity index (χ0) is 18.4. The molecule has 0 saturated carbocycles. The van der Waals surface area contributed by atoms with Gasteiger partial charge in [0, 0.05) is 29.7 Å². The maximum Gasteiger partial charge on any atom is 0.252 e. The normalized spacial score (nSPS) is 15.9. The van der Waals surface area contributed by atoms with Crippen LogP contribution in [0.2, 0.25) is 0 Å². The summed E-state index contributed by atoms with van der Waals surface area (Å²) in [4.78, 5) is 28.8. The molecule has 1 aromatic carbocycles. The third kappa shape index (κ3) is 6.58. The summed E-state index contributed by atoms with van der Waals surface area (Å²) in [7, 11) is 0. The van der Waals surface area contributed by atoms with E-state index in [-0.39, 0.29) is 18.4 Å². The first-order chi connectivity index (χ1) is 11.8. The van der Waals surface area contributed by atoms with Crippen molar-refractivity contribution in [1.29, 1.82) is 0 Å². The lowest BCUT2D eigenvalue weighted by atomic mass is 9.92. The molecule has 0 unspecified atom stereocenters. The molecule has 1 heterocycles. The van der Waals surface area contributed by atoms with Gasteiger partial charge in [-0.25, -0.2) is 0 Å². The van der Waals surface area contributed by atoms with Crippen molar-refractivity contribution in [3.63, 3.8) is 0 Å². The van der Waals surface area contributed by atoms with E-state index in [1.54, 1.807) is 6.07 Å². The Morgan fingerprint density at radius 3 is 2.36 bits per heavy atom. The van der Waals surface area contributed by atoms with Gasteiger partial charge in [-0.3, -0.25) is 14.5 Å². The molecule has 5 nitrogen and oxygen atoms in total. The molecule has 0 radical (unpaired) electrons. The molecular formula is C19H28IN3O2. The van der Waals surface area contributed by atoms with Gasteiger partial charge in [0.25, 0.3) is 5.91 Å². The molecule has 1 fully saturated rings. The summed E-state index contributed by atoms with van der Waals surface area (Å²) in [6.07, 6.45) is 1.16. The fraction of sp³-hybridized carbons (Fsp3) is 0.579. The first-order valence-corrected chi connectivity index (χ1v) is 9.87. The number of amides is 2. The van der Waals surface area contributed by atoms with E-state index in [0.717, 1.165) is 42.7 Å². The van der Waals surface area contributed by atoms with Gasteiger partial charge in [0.15, 0.2) is 0 Å². The smallest absolute Gasteiger partial charge is 0.252 e. The van der Waals surface area contributed by atoms with Gasteiger partial charge in [-0.1, -0.05) is 32.9 Å². The fourth-order valence-corrected chi connectivity index (χ4v) is 3.36. The molecule has 0 atom stereocenters. The van der Waals surface area contributed by atoms with Crippen molar-refractivity contribution in [3.05, 3.63) is 33.4 Å². The van der Waals surface area contributed by atoms with Crippen molar-refractivity contribution in [2.24, 2.45) is 5.41 Å². The summed E-state index contributed by atoms with van der Waals surface area (Å²) in [6.45, 7) is 11.2. The lowest BCUT2D eigenvalue weighted by molar-refractivity contribution is -0.131. The van der Waals surface area contributed by atoms with Crippen molar-refractivity contribution in [3.8, 4) is 0 Å². The van der Waals surface area contributed by atoms with E-state index in [0.29, 0.717) is 11.0 Å². The van der Waals surface area contributed by atoms with Crippen molar-refractivity contribution >= 4 is 34.4 Å². The van der Waals surface area contributed by atoms with Gasteiger partial charge in [0.2, 0.25) is 5.91 Å². The Bertz CT molecular complexity index is 605.